The van der Waals surface area contributed by atoms with Crippen molar-refractivity contribution in [3.63, 3.8) is 0 Å². The molecule has 0 aliphatic heterocycles. The number of aromatic amines is 1. The third-order valence-corrected chi connectivity index (χ3v) is 3.65. The van der Waals surface area contributed by atoms with Crippen LogP contribution in [0.2, 0.25) is 15.1 Å². The SMILES string of the molecule is O=c1[nH]c2cc(Cl)ccc2cc1Oc1ccc(Cl)cc1Cl. The summed E-state index contributed by atoms with van der Waals surface area (Å²) in [5.74, 6) is 0.508. The zero-order valence-corrected chi connectivity index (χ0v) is 12.8. The lowest BCUT2D eigenvalue weighted by Gasteiger charge is -2.08. The summed E-state index contributed by atoms with van der Waals surface area (Å²) in [6, 6.07) is 11.6. The molecule has 0 saturated carbocycles. The average molecular weight is 341 g/mol. The minimum absolute atomic E-state index is 0.147. The fourth-order valence-electron chi connectivity index (χ4n) is 1.91. The van der Waals surface area contributed by atoms with Crippen LogP contribution in [0.15, 0.2) is 47.3 Å². The molecule has 0 atom stereocenters. The molecule has 0 spiro atoms. The van der Waals surface area contributed by atoms with Crippen LogP contribution in [-0.2, 0) is 0 Å². The number of fused-ring (bicyclic) bond motifs is 1. The Kier molecular flexibility index (Phi) is 3.81. The zero-order chi connectivity index (χ0) is 15.0. The number of nitrogens with one attached hydrogen (secondary N) is 1. The molecule has 0 aliphatic rings. The van der Waals surface area contributed by atoms with Gasteiger partial charge in [0.2, 0.25) is 0 Å². The first-order valence-corrected chi connectivity index (χ1v) is 7.12. The Morgan fingerprint density at radius 1 is 0.857 bits per heavy atom. The van der Waals surface area contributed by atoms with Crippen molar-refractivity contribution in [1.82, 2.24) is 4.98 Å². The third kappa shape index (κ3) is 3.00. The van der Waals surface area contributed by atoms with E-state index in [-0.39, 0.29) is 11.3 Å². The molecule has 6 heteroatoms. The smallest absolute Gasteiger partial charge is 0.291 e. The van der Waals surface area contributed by atoms with E-state index in [2.05, 4.69) is 4.98 Å². The molecule has 1 heterocycles. The minimum atomic E-state index is -0.365. The highest BCUT2D eigenvalue weighted by molar-refractivity contribution is 6.35. The fraction of sp³-hybridized carbons (Fsp3) is 0. The van der Waals surface area contributed by atoms with Crippen LogP contribution < -0.4 is 10.3 Å². The molecule has 0 amide bonds. The molecule has 3 aromatic rings. The van der Waals surface area contributed by atoms with E-state index in [0.29, 0.717) is 26.3 Å². The summed E-state index contributed by atoms with van der Waals surface area (Å²) in [5.41, 5.74) is 0.276. The summed E-state index contributed by atoms with van der Waals surface area (Å²) in [6.45, 7) is 0. The maximum Gasteiger partial charge on any atom is 0.291 e. The van der Waals surface area contributed by atoms with Crippen LogP contribution in [0, 0.1) is 0 Å². The molecule has 0 fully saturated rings. The van der Waals surface area contributed by atoms with Gasteiger partial charge in [-0.25, -0.2) is 0 Å². The summed E-state index contributed by atoms with van der Waals surface area (Å²) in [4.78, 5) is 14.8. The van der Waals surface area contributed by atoms with Crippen molar-refractivity contribution in [2.75, 3.05) is 0 Å². The van der Waals surface area contributed by atoms with Crippen molar-refractivity contribution in [2.24, 2.45) is 0 Å². The summed E-state index contributed by atoms with van der Waals surface area (Å²) in [6.07, 6.45) is 0. The van der Waals surface area contributed by atoms with E-state index < -0.39 is 0 Å². The average Bonchev–Trinajstić information content (AvgIpc) is 2.42. The second-order valence-corrected chi connectivity index (χ2v) is 5.65. The van der Waals surface area contributed by atoms with Crippen molar-refractivity contribution < 1.29 is 4.74 Å². The van der Waals surface area contributed by atoms with Crippen LogP contribution in [0.1, 0.15) is 0 Å². The molecule has 106 valence electrons. The number of hydrogen-bond donors (Lipinski definition) is 1. The third-order valence-electron chi connectivity index (χ3n) is 2.89. The highest BCUT2D eigenvalue weighted by Gasteiger charge is 2.09. The standard InChI is InChI=1S/C15H8Cl3NO2/c16-9-3-4-13(11(18)6-9)21-14-5-8-1-2-10(17)7-12(8)19-15(14)20/h1-7H,(H,19,20). The van der Waals surface area contributed by atoms with Crippen molar-refractivity contribution in [1.29, 1.82) is 0 Å². The number of aromatic nitrogens is 1. The van der Waals surface area contributed by atoms with Gasteiger partial charge in [-0.1, -0.05) is 40.9 Å². The Morgan fingerprint density at radius 3 is 2.33 bits per heavy atom. The normalized spacial score (nSPS) is 10.8. The van der Waals surface area contributed by atoms with Gasteiger partial charge in [0.15, 0.2) is 5.75 Å². The Balaban J connectivity index is 2.06. The number of H-pyrrole nitrogens is 1. The minimum Gasteiger partial charge on any atom is -0.450 e. The van der Waals surface area contributed by atoms with Gasteiger partial charge in [-0.2, -0.15) is 0 Å². The van der Waals surface area contributed by atoms with Crippen molar-refractivity contribution in [2.45, 2.75) is 0 Å². The number of benzene rings is 2. The molecule has 0 bridgehead atoms. The molecule has 3 rings (SSSR count). The largest absolute Gasteiger partial charge is 0.450 e. The summed E-state index contributed by atoms with van der Waals surface area (Å²) >= 11 is 17.7. The Bertz CT molecular complexity index is 890. The van der Waals surface area contributed by atoms with Crippen molar-refractivity contribution >= 4 is 45.7 Å². The molecule has 2 aromatic carbocycles. The van der Waals surface area contributed by atoms with Crippen LogP contribution in [0.4, 0.5) is 0 Å². The maximum absolute atomic E-state index is 12.0. The summed E-state index contributed by atoms with van der Waals surface area (Å²) < 4.78 is 5.57. The molecule has 1 aromatic heterocycles. The highest BCUT2D eigenvalue weighted by atomic mass is 35.5. The molecule has 3 nitrogen and oxygen atoms in total. The van der Waals surface area contributed by atoms with Crippen LogP contribution in [0.3, 0.4) is 0 Å². The fourth-order valence-corrected chi connectivity index (χ4v) is 2.52. The maximum atomic E-state index is 12.0. The summed E-state index contributed by atoms with van der Waals surface area (Å²) in [7, 11) is 0. The topological polar surface area (TPSA) is 42.1 Å². The number of hydrogen-bond acceptors (Lipinski definition) is 2. The van der Waals surface area contributed by atoms with Gasteiger partial charge in [0.1, 0.15) is 5.75 Å². The molecule has 0 unspecified atom stereocenters. The Morgan fingerprint density at radius 2 is 1.57 bits per heavy atom. The highest BCUT2D eigenvalue weighted by Crippen LogP contribution is 2.31. The molecular formula is C15H8Cl3NO2. The van der Waals surface area contributed by atoms with Gasteiger partial charge in [0, 0.05) is 15.4 Å². The van der Waals surface area contributed by atoms with Crippen molar-refractivity contribution in [3.05, 3.63) is 67.9 Å². The van der Waals surface area contributed by atoms with E-state index in [9.17, 15) is 4.79 Å². The second-order valence-electron chi connectivity index (χ2n) is 4.37. The molecule has 0 radical (unpaired) electrons. The van der Waals surface area contributed by atoms with Gasteiger partial charge >= 0.3 is 0 Å². The van der Waals surface area contributed by atoms with E-state index in [1.165, 1.54) is 0 Å². The first kappa shape index (κ1) is 14.3. The Hall–Kier alpha value is -1.68. The molecule has 0 aliphatic carbocycles. The van der Waals surface area contributed by atoms with Crippen molar-refractivity contribution in [3.8, 4) is 11.5 Å². The van der Waals surface area contributed by atoms with Gasteiger partial charge in [0.05, 0.1) is 10.5 Å². The van der Waals surface area contributed by atoms with E-state index in [0.717, 1.165) is 5.39 Å². The zero-order valence-electron chi connectivity index (χ0n) is 10.5. The first-order valence-electron chi connectivity index (χ1n) is 5.98. The number of ether oxygens (including phenoxy) is 1. The van der Waals surface area contributed by atoms with E-state index >= 15 is 0 Å². The molecular weight excluding hydrogens is 333 g/mol. The number of rotatable bonds is 2. The summed E-state index contributed by atoms with van der Waals surface area (Å²) in [5, 5.41) is 2.18. The van der Waals surface area contributed by atoms with Gasteiger partial charge in [-0.15, -0.1) is 0 Å². The van der Waals surface area contributed by atoms with Gasteiger partial charge in [0.25, 0.3) is 5.56 Å². The lowest BCUT2D eigenvalue weighted by molar-refractivity contribution is 0.476. The van der Waals surface area contributed by atoms with E-state index in [4.69, 9.17) is 39.5 Å². The van der Waals surface area contributed by atoms with E-state index in [1.807, 2.05) is 0 Å². The van der Waals surface area contributed by atoms with Crippen LogP contribution in [-0.4, -0.2) is 4.98 Å². The molecule has 21 heavy (non-hydrogen) atoms. The lowest BCUT2D eigenvalue weighted by atomic mass is 10.2. The van der Waals surface area contributed by atoms with Crippen LogP contribution in [0.5, 0.6) is 11.5 Å². The van der Waals surface area contributed by atoms with Crippen LogP contribution in [0.25, 0.3) is 10.9 Å². The number of pyridine rings is 1. The monoisotopic (exact) mass is 339 g/mol. The second kappa shape index (κ2) is 5.60. The van der Waals surface area contributed by atoms with Crippen LogP contribution >= 0.6 is 34.8 Å². The molecule has 1 N–H and O–H groups in total. The van der Waals surface area contributed by atoms with Gasteiger partial charge in [-0.3, -0.25) is 4.79 Å². The lowest BCUT2D eigenvalue weighted by Crippen LogP contribution is -2.08. The predicted molar refractivity (Wildman–Crippen MR) is 86.1 cm³/mol. The quantitative estimate of drug-likeness (QED) is 0.689. The first-order chi connectivity index (χ1) is 10.0. The Labute approximate surface area is 135 Å². The van der Waals surface area contributed by atoms with Gasteiger partial charge < -0.3 is 9.72 Å². The van der Waals surface area contributed by atoms with E-state index in [1.54, 1.807) is 42.5 Å². The molecule has 0 saturated heterocycles. The van der Waals surface area contributed by atoms with Gasteiger partial charge in [-0.05, 0) is 36.4 Å². The predicted octanol–water partition coefficient (Wildman–Crippen LogP) is 5.28. The number of halogens is 3.